The minimum absolute atomic E-state index is 0.114. The lowest BCUT2D eigenvalue weighted by Gasteiger charge is -2.39. The van der Waals surface area contributed by atoms with Crippen molar-refractivity contribution in [2.24, 2.45) is 0 Å². The highest BCUT2D eigenvalue weighted by molar-refractivity contribution is 5.47. The van der Waals surface area contributed by atoms with Crippen LogP contribution < -0.4 is 4.90 Å². The van der Waals surface area contributed by atoms with Crippen molar-refractivity contribution in [3.8, 4) is 0 Å². The van der Waals surface area contributed by atoms with Crippen LogP contribution in [-0.4, -0.2) is 87.2 Å². The quantitative estimate of drug-likeness (QED) is 0.731. The van der Waals surface area contributed by atoms with E-state index in [1.54, 1.807) is 6.07 Å². The second-order valence-corrected chi connectivity index (χ2v) is 8.37. The molecule has 4 nitrogen and oxygen atoms in total. The zero-order chi connectivity index (χ0) is 21.1. The fourth-order valence-corrected chi connectivity index (χ4v) is 4.40. The van der Waals surface area contributed by atoms with E-state index in [1.165, 1.54) is 64.3 Å². The van der Waals surface area contributed by atoms with Crippen LogP contribution in [0, 0.1) is 5.82 Å². The molecule has 0 saturated carbocycles. The highest BCUT2D eigenvalue weighted by Gasteiger charge is 2.23. The number of para-hydroxylation sites is 1. The molecular formula is C24H43FN4. The number of anilines is 1. The first kappa shape index (κ1) is 24.1. The lowest BCUT2D eigenvalue weighted by Crippen LogP contribution is -2.45. The van der Waals surface area contributed by atoms with Gasteiger partial charge < -0.3 is 19.6 Å². The Morgan fingerprint density at radius 3 is 1.86 bits per heavy atom. The SMILES string of the molecule is CC.CN1CCC(N2CCCCC2)CC1.CN1CCN(c2ccccc2F)CC1. The first-order valence-corrected chi connectivity index (χ1v) is 11.7. The van der Waals surface area contributed by atoms with Crippen molar-refractivity contribution in [3.63, 3.8) is 0 Å². The number of hydrogen-bond donors (Lipinski definition) is 0. The predicted octanol–water partition coefficient (Wildman–Crippen LogP) is 4.17. The molecule has 3 aliphatic rings. The Hall–Kier alpha value is -1.17. The number of benzene rings is 1. The molecule has 0 unspecified atom stereocenters. The molecule has 3 heterocycles. The summed E-state index contributed by atoms with van der Waals surface area (Å²) in [6, 6.07) is 7.90. The van der Waals surface area contributed by atoms with Gasteiger partial charge in [-0.1, -0.05) is 32.4 Å². The van der Waals surface area contributed by atoms with Crippen LogP contribution in [0.4, 0.5) is 10.1 Å². The van der Waals surface area contributed by atoms with E-state index in [2.05, 4.69) is 33.7 Å². The zero-order valence-electron chi connectivity index (χ0n) is 19.2. The number of hydrogen-bond acceptors (Lipinski definition) is 4. The molecular weight excluding hydrogens is 363 g/mol. The molecule has 5 heteroatoms. The van der Waals surface area contributed by atoms with E-state index in [-0.39, 0.29) is 5.82 Å². The maximum atomic E-state index is 13.4. The highest BCUT2D eigenvalue weighted by Crippen LogP contribution is 2.20. The van der Waals surface area contributed by atoms with Gasteiger partial charge in [0.1, 0.15) is 5.82 Å². The number of piperidine rings is 2. The summed E-state index contributed by atoms with van der Waals surface area (Å²) in [7, 11) is 4.34. The second kappa shape index (κ2) is 13.2. The lowest BCUT2D eigenvalue weighted by molar-refractivity contribution is 0.103. The summed E-state index contributed by atoms with van der Waals surface area (Å²) in [4.78, 5) is 9.56. The van der Waals surface area contributed by atoms with Crippen LogP contribution in [0.1, 0.15) is 46.0 Å². The van der Waals surface area contributed by atoms with E-state index in [4.69, 9.17) is 0 Å². The average molecular weight is 407 g/mol. The number of piperazine rings is 1. The molecule has 0 atom stereocenters. The van der Waals surface area contributed by atoms with Gasteiger partial charge in [-0.05, 0) is 78.1 Å². The average Bonchev–Trinajstić information content (AvgIpc) is 2.78. The molecule has 29 heavy (non-hydrogen) atoms. The van der Waals surface area contributed by atoms with E-state index in [0.29, 0.717) is 0 Å². The lowest BCUT2D eigenvalue weighted by atomic mass is 10.0. The Morgan fingerprint density at radius 2 is 1.28 bits per heavy atom. The van der Waals surface area contributed by atoms with Crippen LogP contribution in [0.3, 0.4) is 0 Å². The van der Waals surface area contributed by atoms with Crippen LogP contribution >= 0.6 is 0 Å². The number of rotatable bonds is 2. The van der Waals surface area contributed by atoms with Crippen molar-refractivity contribution >= 4 is 5.69 Å². The van der Waals surface area contributed by atoms with Gasteiger partial charge in [-0.25, -0.2) is 4.39 Å². The third kappa shape index (κ3) is 7.88. The fraction of sp³-hybridized carbons (Fsp3) is 0.750. The molecule has 166 valence electrons. The van der Waals surface area contributed by atoms with Crippen LogP contribution in [0.2, 0.25) is 0 Å². The summed E-state index contributed by atoms with van der Waals surface area (Å²) in [5.41, 5.74) is 0.737. The minimum atomic E-state index is -0.114. The second-order valence-electron chi connectivity index (χ2n) is 8.37. The van der Waals surface area contributed by atoms with Crippen molar-refractivity contribution in [3.05, 3.63) is 30.1 Å². The molecule has 0 aliphatic carbocycles. The molecule has 0 amide bonds. The summed E-state index contributed by atoms with van der Waals surface area (Å²) in [6.45, 7) is 13.2. The van der Waals surface area contributed by atoms with E-state index < -0.39 is 0 Å². The smallest absolute Gasteiger partial charge is 0.146 e. The monoisotopic (exact) mass is 406 g/mol. The van der Waals surface area contributed by atoms with Gasteiger partial charge >= 0.3 is 0 Å². The summed E-state index contributed by atoms with van der Waals surface area (Å²) in [6.07, 6.45) is 7.13. The van der Waals surface area contributed by atoms with Gasteiger partial charge in [0, 0.05) is 32.2 Å². The summed E-state index contributed by atoms with van der Waals surface area (Å²) < 4.78 is 13.4. The van der Waals surface area contributed by atoms with Crippen molar-refractivity contribution in [2.45, 2.75) is 52.0 Å². The van der Waals surface area contributed by atoms with Gasteiger partial charge in [-0.15, -0.1) is 0 Å². The van der Waals surface area contributed by atoms with E-state index in [1.807, 2.05) is 26.0 Å². The zero-order valence-corrected chi connectivity index (χ0v) is 19.2. The molecule has 0 aromatic heterocycles. The highest BCUT2D eigenvalue weighted by atomic mass is 19.1. The molecule has 0 N–H and O–H groups in total. The molecule has 0 spiro atoms. The van der Waals surface area contributed by atoms with Crippen molar-refractivity contribution in [1.29, 1.82) is 0 Å². The molecule has 3 aliphatic heterocycles. The third-order valence-corrected chi connectivity index (χ3v) is 6.29. The topological polar surface area (TPSA) is 13.0 Å². The number of nitrogens with zero attached hydrogens (tertiary/aromatic N) is 4. The Bertz CT molecular complexity index is 546. The van der Waals surface area contributed by atoms with E-state index in [9.17, 15) is 4.39 Å². The number of likely N-dealkylation sites (tertiary alicyclic amines) is 2. The standard InChI is InChI=1S/C11H15FN2.C11H22N2.C2H6/c1-13-6-8-14(9-7-13)11-5-3-2-4-10(11)12;1-12-9-5-11(6-10-12)13-7-3-2-4-8-13;1-2/h2-5H,6-9H2,1H3;11H,2-10H2,1H3;1-2H3. The number of likely N-dealkylation sites (N-methyl/N-ethyl adjacent to an activating group) is 1. The molecule has 3 fully saturated rings. The Kier molecular flexibility index (Phi) is 11.0. The Balaban J connectivity index is 0.000000191. The third-order valence-electron chi connectivity index (χ3n) is 6.29. The van der Waals surface area contributed by atoms with Gasteiger partial charge in [0.05, 0.1) is 5.69 Å². The minimum Gasteiger partial charge on any atom is -0.367 e. The maximum Gasteiger partial charge on any atom is 0.146 e. The Labute approximate surface area is 178 Å². The van der Waals surface area contributed by atoms with E-state index >= 15 is 0 Å². The number of halogens is 1. The predicted molar refractivity (Wildman–Crippen MR) is 123 cm³/mol. The van der Waals surface area contributed by atoms with Crippen molar-refractivity contribution < 1.29 is 4.39 Å². The molecule has 3 saturated heterocycles. The van der Waals surface area contributed by atoms with Crippen molar-refractivity contribution in [1.82, 2.24) is 14.7 Å². The molecule has 4 rings (SSSR count). The van der Waals surface area contributed by atoms with Crippen LogP contribution in [0.25, 0.3) is 0 Å². The van der Waals surface area contributed by atoms with Crippen LogP contribution in [0.5, 0.6) is 0 Å². The largest absolute Gasteiger partial charge is 0.367 e. The maximum absolute atomic E-state index is 13.4. The van der Waals surface area contributed by atoms with Gasteiger partial charge in [0.15, 0.2) is 0 Å². The molecule has 1 aromatic rings. The summed E-state index contributed by atoms with van der Waals surface area (Å²) in [5.74, 6) is -0.114. The Morgan fingerprint density at radius 1 is 0.724 bits per heavy atom. The van der Waals surface area contributed by atoms with Crippen LogP contribution in [0.15, 0.2) is 24.3 Å². The molecule has 1 aromatic carbocycles. The normalized spacial score (nSPS) is 22.3. The van der Waals surface area contributed by atoms with Gasteiger partial charge in [-0.2, -0.15) is 0 Å². The van der Waals surface area contributed by atoms with E-state index in [0.717, 1.165) is 37.9 Å². The summed E-state index contributed by atoms with van der Waals surface area (Å²) in [5, 5.41) is 0. The first-order valence-electron chi connectivity index (χ1n) is 11.7. The van der Waals surface area contributed by atoms with Gasteiger partial charge in [-0.3, -0.25) is 0 Å². The molecule has 0 bridgehead atoms. The first-order chi connectivity index (χ1) is 14.1. The summed E-state index contributed by atoms with van der Waals surface area (Å²) >= 11 is 0. The van der Waals surface area contributed by atoms with Crippen LogP contribution in [-0.2, 0) is 0 Å². The molecule has 0 radical (unpaired) electrons. The van der Waals surface area contributed by atoms with Crippen molar-refractivity contribution in [2.75, 3.05) is 71.4 Å². The fourth-order valence-electron chi connectivity index (χ4n) is 4.40. The van der Waals surface area contributed by atoms with Gasteiger partial charge in [0.2, 0.25) is 0 Å². The van der Waals surface area contributed by atoms with Gasteiger partial charge in [0.25, 0.3) is 0 Å².